The van der Waals surface area contributed by atoms with Crippen LogP contribution in [-0.4, -0.2) is 55.0 Å². The molecule has 24 heavy (non-hydrogen) atoms. The Morgan fingerprint density at radius 1 is 1.29 bits per heavy atom. The fourth-order valence-electron chi connectivity index (χ4n) is 4.27. The van der Waals surface area contributed by atoms with E-state index in [4.69, 9.17) is 9.47 Å². The lowest BCUT2D eigenvalue weighted by Gasteiger charge is -2.43. The molecule has 6 nitrogen and oxygen atoms in total. The first-order chi connectivity index (χ1) is 11.6. The molecule has 0 saturated carbocycles. The third kappa shape index (κ3) is 1.92. The van der Waals surface area contributed by atoms with Crippen LogP contribution in [0.25, 0.3) is 6.08 Å². The van der Waals surface area contributed by atoms with Gasteiger partial charge in [-0.3, -0.25) is 14.5 Å². The number of piperazine rings is 1. The van der Waals surface area contributed by atoms with Crippen LogP contribution in [0.2, 0.25) is 0 Å². The van der Waals surface area contributed by atoms with Crippen LogP contribution in [0, 0.1) is 5.92 Å². The number of ether oxygens (including phenoxy) is 2. The predicted octanol–water partition coefficient (Wildman–Crippen LogP) is 1.25. The highest BCUT2D eigenvalue weighted by molar-refractivity contribution is 5.91. The quantitative estimate of drug-likeness (QED) is 0.765. The van der Waals surface area contributed by atoms with Crippen molar-refractivity contribution < 1.29 is 19.1 Å². The summed E-state index contributed by atoms with van der Waals surface area (Å²) in [5.74, 6) is 0.271. The zero-order valence-electron chi connectivity index (χ0n) is 14.0. The zero-order chi connectivity index (χ0) is 17.0. The number of fused-ring (bicyclic) bond motifs is 5. The van der Waals surface area contributed by atoms with Gasteiger partial charge >= 0.3 is 5.97 Å². The van der Waals surface area contributed by atoms with Crippen molar-refractivity contribution in [2.45, 2.75) is 25.0 Å². The molecule has 2 bridgehead atoms. The fourth-order valence-corrected chi connectivity index (χ4v) is 4.27. The first kappa shape index (κ1) is 15.2. The van der Waals surface area contributed by atoms with Crippen LogP contribution < -0.4 is 4.74 Å². The SMILES string of the molecule is COC(=O)[C@H]1C[C@@H]2C(=O)N3Cc4c(cccc4OC)C=C3[C@H]1N2C. The molecule has 0 aliphatic carbocycles. The summed E-state index contributed by atoms with van der Waals surface area (Å²) in [7, 11) is 4.95. The minimum Gasteiger partial charge on any atom is -0.496 e. The molecule has 1 aromatic carbocycles. The molecule has 0 radical (unpaired) electrons. The number of amides is 1. The Balaban J connectivity index is 1.84. The first-order valence-electron chi connectivity index (χ1n) is 8.05. The number of likely N-dealkylation sites (N-methyl/N-ethyl adjacent to an activating group) is 1. The van der Waals surface area contributed by atoms with Crippen LogP contribution >= 0.6 is 0 Å². The van der Waals surface area contributed by atoms with E-state index in [1.807, 2.05) is 41.1 Å². The van der Waals surface area contributed by atoms with Crippen LogP contribution in [0.15, 0.2) is 23.9 Å². The molecule has 3 aliphatic heterocycles. The Kier molecular flexibility index (Phi) is 3.38. The summed E-state index contributed by atoms with van der Waals surface area (Å²) in [5.41, 5.74) is 2.93. The van der Waals surface area contributed by atoms with E-state index < -0.39 is 0 Å². The monoisotopic (exact) mass is 328 g/mol. The Bertz CT molecular complexity index is 757. The third-order valence-corrected chi connectivity index (χ3v) is 5.47. The van der Waals surface area contributed by atoms with Crippen molar-refractivity contribution in [3.8, 4) is 5.75 Å². The molecule has 3 atom stereocenters. The summed E-state index contributed by atoms with van der Waals surface area (Å²) in [6.07, 6.45) is 2.52. The molecule has 1 amide bonds. The van der Waals surface area contributed by atoms with Gasteiger partial charge in [0.2, 0.25) is 5.91 Å². The van der Waals surface area contributed by atoms with Gasteiger partial charge in [0.15, 0.2) is 0 Å². The minimum absolute atomic E-state index is 0.0444. The van der Waals surface area contributed by atoms with E-state index in [0.29, 0.717) is 13.0 Å². The second kappa shape index (κ2) is 5.34. The van der Waals surface area contributed by atoms with E-state index in [-0.39, 0.29) is 29.9 Å². The Morgan fingerprint density at radius 2 is 2.08 bits per heavy atom. The molecule has 0 N–H and O–H groups in total. The van der Waals surface area contributed by atoms with Crippen molar-refractivity contribution in [2.75, 3.05) is 21.3 Å². The number of rotatable bonds is 2. The molecular weight excluding hydrogens is 308 g/mol. The van der Waals surface area contributed by atoms with E-state index >= 15 is 0 Å². The lowest BCUT2D eigenvalue weighted by molar-refractivity contribution is -0.146. The fraction of sp³-hybridized carbons (Fsp3) is 0.444. The lowest BCUT2D eigenvalue weighted by atomic mass is 9.92. The second-order valence-electron chi connectivity index (χ2n) is 6.51. The van der Waals surface area contributed by atoms with Crippen molar-refractivity contribution in [2.24, 2.45) is 5.92 Å². The molecule has 0 spiro atoms. The summed E-state index contributed by atoms with van der Waals surface area (Å²) >= 11 is 0. The lowest BCUT2D eigenvalue weighted by Crippen LogP contribution is -2.55. The van der Waals surface area contributed by atoms with Gasteiger partial charge in [-0.25, -0.2) is 0 Å². The Labute approximate surface area is 140 Å². The zero-order valence-corrected chi connectivity index (χ0v) is 14.0. The largest absolute Gasteiger partial charge is 0.496 e. The van der Waals surface area contributed by atoms with Crippen molar-refractivity contribution in [1.29, 1.82) is 0 Å². The molecular formula is C18H20N2O4. The number of hydrogen-bond acceptors (Lipinski definition) is 5. The van der Waals surface area contributed by atoms with E-state index in [9.17, 15) is 9.59 Å². The van der Waals surface area contributed by atoms with Gasteiger partial charge in [0, 0.05) is 11.3 Å². The number of carbonyl (C=O) groups excluding carboxylic acids is 2. The number of methoxy groups -OCH3 is 2. The average Bonchev–Trinajstić information content (AvgIpc) is 2.88. The molecule has 126 valence electrons. The maximum absolute atomic E-state index is 12.9. The van der Waals surface area contributed by atoms with Gasteiger partial charge in [-0.05, 0) is 31.2 Å². The topological polar surface area (TPSA) is 59.1 Å². The molecule has 3 heterocycles. The van der Waals surface area contributed by atoms with Gasteiger partial charge in [-0.2, -0.15) is 0 Å². The van der Waals surface area contributed by atoms with E-state index in [1.54, 1.807) is 7.11 Å². The summed E-state index contributed by atoms with van der Waals surface area (Å²) in [5, 5.41) is 0. The predicted molar refractivity (Wildman–Crippen MR) is 87.0 cm³/mol. The molecule has 4 rings (SSSR count). The minimum atomic E-state index is -0.308. The van der Waals surface area contributed by atoms with Gasteiger partial charge in [0.05, 0.1) is 38.8 Å². The van der Waals surface area contributed by atoms with Crippen LogP contribution in [-0.2, 0) is 20.9 Å². The summed E-state index contributed by atoms with van der Waals surface area (Å²) in [4.78, 5) is 29.0. The van der Waals surface area contributed by atoms with Crippen molar-refractivity contribution >= 4 is 18.0 Å². The number of benzene rings is 1. The van der Waals surface area contributed by atoms with Crippen LogP contribution in [0.5, 0.6) is 5.75 Å². The normalized spacial score (nSPS) is 28.1. The second-order valence-corrected chi connectivity index (χ2v) is 6.51. The van der Waals surface area contributed by atoms with E-state index in [2.05, 4.69) is 0 Å². The van der Waals surface area contributed by atoms with E-state index in [1.165, 1.54) is 7.11 Å². The van der Waals surface area contributed by atoms with Crippen LogP contribution in [0.3, 0.4) is 0 Å². The van der Waals surface area contributed by atoms with Crippen molar-refractivity contribution in [3.05, 3.63) is 35.0 Å². The van der Waals surface area contributed by atoms with Gasteiger partial charge in [0.1, 0.15) is 5.75 Å². The molecule has 2 saturated heterocycles. The smallest absolute Gasteiger partial charge is 0.310 e. The summed E-state index contributed by atoms with van der Waals surface area (Å²) in [6.45, 7) is 0.485. The Hall–Kier alpha value is -2.34. The average molecular weight is 328 g/mol. The Morgan fingerprint density at radius 3 is 2.79 bits per heavy atom. The standard InChI is InChI=1S/C18H20N2O4/c1-19-14-8-11(18(22)24-3)16(19)13-7-10-5-4-6-15(23-2)12(10)9-20(13)17(14)21/h4-7,11,14,16H,8-9H2,1-3H3/t11-,14+,16-/m0/s1. The molecule has 2 fully saturated rings. The highest BCUT2D eigenvalue weighted by Gasteiger charge is 2.55. The maximum Gasteiger partial charge on any atom is 0.310 e. The molecule has 3 aliphatic rings. The van der Waals surface area contributed by atoms with Gasteiger partial charge in [-0.1, -0.05) is 12.1 Å². The van der Waals surface area contributed by atoms with Crippen molar-refractivity contribution in [1.82, 2.24) is 9.80 Å². The van der Waals surface area contributed by atoms with Crippen LogP contribution in [0.4, 0.5) is 0 Å². The number of esters is 1. The highest BCUT2D eigenvalue weighted by atomic mass is 16.5. The maximum atomic E-state index is 12.9. The summed E-state index contributed by atoms with van der Waals surface area (Å²) in [6, 6.07) is 5.46. The summed E-state index contributed by atoms with van der Waals surface area (Å²) < 4.78 is 10.4. The van der Waals surface area contributed by atoms with Crippen molar-refractivity contribution in [3.63, 3.8) is 0 Å². The highest BCUT2D eigenvalue weighted by Crippen LogP contribution is 2.44. The molecule has 0 aromatic heterocycles. The molecule has 1 aromatic rings. The van der Waals surface area contributed by atoms with Gasteiger partial charge in [-0.15, -0.1) is 0 Å². The van der Waals surface area contributed by atoms with Gasteiger partial charge < -0.3 is 14.4 Å². The first-order valence-corrected chi connectivity index (χ1v) is 8.05. The van der Waals surface area contributed by atoms with E-state index in [0.717, 1.165) is 22.6 Å². The van der Waals surface area contributed by atoms with Gasteiger partial charge in [0.25, 0.3) is 0 Å². The number of hydrogen-bond donors (Lipinski definition) is 0. The third-order valence-electron chi connectivity index (χ3n) is 5.47. The molecule has 0 unspecified atom stereocenters. The number of carbonyl (C=O) groups is 2. The number of nitrogens with zero attached hydrogens (tertiary/aromatic N) is 2. The van der Waals surface area contributed by atoms with Crippen LogP contribution in [0.1, 0.15) is 17.5 Å². The molecule has 6 heteroatoms.